The van der Waals surface area contributed by atoms with Gasteiger partial charge in [0.05, 0.1) is 6.42 Å². The molecular weight excluding hydrogens is 244 g/mol. The van der Waals surface area contributed by atoms with Crippen LogP contribution in [0.4, 0.5) is 0 Å². The standard InChI is InChI=1S/C12H9ClO2S/c13-10-4-2-1-3-9(10)11-5-8(7-16-11)6-12(14)15/h1-5,7H,6H2,(H,14,15). The summed E-state index contributed by atoms with van der Waals surface area (Å²) in [5, 5.41) is 11.2. The van der Waals surface area contributed by atoms with E-state index >= 15 is 0 Å². The number of thiophene rings is 1. The molecule has 0 amide bonds. The first kappa shape index (κ1) is 11.2. The summed E-state index contributed by atoms with van der Waals surface area (Å²) in [5.41, 5.74) is 1.76. The Morgan fingerprint density at radius 2 is 2.12 bits per heavy atom. The van der Waals surface area contributed by atoms with E-state index in [1.807, 2.05) is 35.7 Å². The molecule has 0 bridgehead atoms. The van der Waals surface area contributed by atoms with Crippen LogP contribution in [-0.4, -0.2) is 11.1 Å². The van der Waals surface area contributed by atoms with Crippen LogP contribution in [0.25, 0.3) is 10.4 Å². The average Bonchev–Trinajstić information content (AvgIpc) is 2.66. The quantitative estimate of drug-likeness (QED) is 0.905. The Balaban J connectivity index is 2.32. The lowest BCUT2D eigenvalue weighted by molar-refractivity contribution is -0.136. The van der Waals surface area contributed by atoms with Crippen molar-refractivity contribution in [2.45, 2.75) is 6.42 Å². The van der Waals surface area contributed by atoms with Gasteiger partial charge in [-0.3, -0.25) is 4.79 Å². The van der Waals surface area contributed by atoms with Crippen molar-refractivity contribution in [1.82, 2.24) is 0 Å². The highest BCUT2D eigenvalue weighted by Crippen LogP contribution is 2.32. The molecule has 1 heterocycles. The molecule has 0 saturated heterocycles. The summed E-state index contributed by atoms with van der Waals surface area (Å²) in [4.78, 5) is 11.6. The molecule has 0 atom stereocenters. The molecule has 1 aromatic heterocycles. The highest BCUT2D eigenvalue weighted by Gasteiger charge is 2.08. The van der Waals surface area contributed by atoms with Crippen molar-refractivity contribution >= 4 is 28.9 Å². The van der Waals surface area contributed by atoms with Gasteiger partial charge in [-0.2, -0.15) is 0 Å². The van der Waals surface area contributed by atoms with Crippen LogP contribution in [0.5, 0.6) is 0 Å². The minimum atomic E-state index is -0.816. The lowest BCUT2D eigenvalue weighted by Gasteiger charge is -1.99. The number of carboxylic acids is 1. The molecule has 2 aromatic rings. The Morgan fingerprint density at radius 1 is 1.38 bits per heavy atom. The van der Waals surface area contributed by atoms with Gasteiger partial charge in [-0.15, -0.1) is 11.3 Å². The Labute approximate surface area is 102 Å². The Morgan fingerprint density at radius 3 is 2.81 bits per heavy atom. The van der Waals surface area contributed by atoms with Crippen LogP contribution in [0.2, 0.25) is 5.02 Å². The van der Waals surface area contributed by atoms with Crippen molar-refractivity contribution in [3.63, 3.8) is 0 Å². The number of halogens is 1. The fourth-order valence-electron chi connectivity index (χ4n) is 1.45. The molecule has 4 heteroatoms. The van der Waals surface area contributed by atoms with E-state index in [-0.39, 0.29) is 6.42 Å². The highest BCUT2D eigenvalue weighted by molar-refractivity contribution is 7.13. The van der Waals surface area contributed by atoms with Crippen molar-refractivity contribution in [2.75, 3.05) is 0 Å². The van der Waals surface area contributed by atoms with Gasteiger partial charge in [0.25, 0.3) is 0 Å². The van der Waals surface area contributed by atoms with Crippen LogP contribution in [0.3, 0.4) is 0 Å². The second-order valence-electron chi connectivity index (χ2n) is 3.37. The van der Waals surface area contributed by atoms with Crippen LogP contribution >= 0.6 is 22.9 Å². The van der Waals surface area contributed by atoms with E-state index in [0.29, 0.717) is 5.02 Å². The van der Waals surface area contributed by atoms with Gasteiger partial charge in [0.1, 0.15) is 0 Å². The van der Waals surface area contributed by atoms with Gasteiger partial charge in [0, 0.05) is 15.5 Å². The minimum absolute atomic E-state index is 0.0565. The predicted molar refractivity (Wildman–Crippen MR) is 66.1 cm³/mol. The maximum absolute atomic E-state index is 10.6. The fourth-order valence-corrected chi connectivity index (χ4v) is 2.69. The first-order chi connectivity index (χ1) is 7.66. The smallest absolute Gasteiger partial charge is 0.307 e. The molecule has 1 N–H and O–H groups in total. The van der Waals surface area contributed by atoms with E-state index in [0.717, 1.165) is 16.0 Å². The third-order valence-corrected chi connectivity index (χ3v) is 3.49. The van der Waals surface area contributed by atoms with Gasteiger partial charge in [-0.1, -0.05) is 29.8 Å². The van der Waals surface area contributed by atoms with Crippen LogP contribution in [0.1, 0.15) is 5.56 Å². The van der Waals surface area contributed by atoms with Gasteiger partial charge < -0.3 is 5.11 Å². The second-order valence-corrected chi connectivity index (χ2v) is 4.69. The summed E-state index contributed by atoms with van der Waals surface area (Å²) < 4.78 is 0. The third-order valence-electron chi connectivity index (χ3n) is 2.15. The predicted octanol–water partition coefficient (Wildman–Crippen LogP) is 3.70. The van der Waals surface area contributed by atoms with Crippen LogP contribution in [0, 0.1) is 0 Å². The van der Waals surface area contributed by atoms with E-state index < -0.39 is 5.97 Å². The summed E-state index contributed by atoms with van der Waals surface area (Å²) in [7, 11) is 0. The summed E-state index contributed by atoms with van der Waals surface area (Å²) in [6.45, 7) is 0. The van der Waals surface area contributed by atoms with Crippen molar-refractivity contribution in [1.29, 1.82) is 0 Å². The summed E-state index contributed by atoms with van der Waals surface area (Å²) in [5.74, 6) is -0.816. The van der Waals surface area contributed by atoms with Crippen molar-refractivity contribution in [3.8, 4) is 10.4 Å². The van der Waals surface area contributed by atoms with Crippen LogP contribution in [-0.2, 0) is 11.2 Å². The number of aliphatic carboxylic acids is 1. The monoisotopic (exact) mass is 252 g/mol. The number of carboxylic acid groups (broad SMARTS) is 1. The lowest BCUT2D eigenvalue weighted by atomic mass is 10.1. The summed E-state index contributed by atoms with van der Waals surface area (Å²) in [6.07, 6.45) is 0.0565. The fraction of sp³-hybridized carbons (Fsp3) is 0.0833. The van der Waals surface area contributed by atoms with E-state index in [1.54, 1.807) is 0 Å². The first-order valence-electron chi connectivity index (χ1n) is 4.71. The Kier molecular flexibility index (Phi) is 3.27. The molecule has 16 heavy (non-hydrogen) atoms. The molecule has 2 rings (SSSR count). The van der Waals surface area contributed by atoms with E-state index in [4.69, 9.17) is 16.7 Å². The Hall–Kier alpha value is -1.32. The summed E-state index contributed by atoms with van der Waals surface area (Å²) >= 11 is 7.58. The zero-order chi connectivity index (χ0) is 11.5. The SMILES string of the molecule is O=C(O)Cc1csc(-c2ccccc2Cl)c1. The first-order valence-corrected chi connectivity index (χ1v) is 5.96. The van der Waals surface area contributed by atoms with Gasteiger partial charge in [0.15, 0.2) is 0 Å². The largest absolute Gasteiger partial charge is 0.481 e. The zero-order valence-corrected chi connectivity index (χ0v) is 9.89. The van der Waals surface area contributed by atoms with Crippen LogP contribution in [0.15, 0.2) is 35.7 Å². The highest BCUT2D eigenvalue weighted by atomic mass is 35.5. The second kappa shape index (κ2) is 4.68. The molecule has 82 valence electrons. The van der Waals surface area contributed by atoms with Crippen molar-refractivity contribution in [3.05, 3.63) is 46.3 Å². The molecule has 1 aromatic carbocycles. The molecule has 0 aliphatic carbocycles. The van der Waals surface area contributed by atoms with Crippen molar-refractivity contribution < 1.29 is 9.90 Å². The average molecular weight is 253 g/mol. The number of hydrogen-bond donors (Lipinski definition) is 1. The maximum atomic E-state index is 10.6. The lowest BCUT2D eigenvalue weighted by Crippen LogP contribution is -1.97. The van der Waals surface area contributed by atoms with Gasteiger partial charge >= 0.3 is 5.97 Å². The molecule has 0 spiro atoms. The molecule has 2 nitrogen and oxygen atoms in total. The van der Waals surface area contributed by atoms with Crippen molar-refractivity contribution in [2.24, 2.45) is 0 Å². The molecule has 0 radical (unpaired) electrons. The van der Waals surface area contributed by atoms with Gasteiger partial charge in [-0.05, 0) is 23.1 Å². The maximum Gasteiger partial charge on any atom is 0.307 e. The van der Waals surface area contributed by atoms with Gasteiger partial charge in [-0.25, -0.2) is 0 Å². The van der Waals surface area contributed by atoms with E-state index in [2.05, 4.69) is 0 Å². The van der Waals surface area contributed by atoms with E-state index in [1.165, 1.54) is 11.3 Å². The molecule has 0 unspecified atom stereocenters. The van der Waals surface area contributed by atoms with Gasteiger partial charge in [0.2, 0.25) is 0 Å². The molecule has 0 saturated carbocycles. The molecule has 0 aliphatic rings. The minimum Gasteiger partial charge on any atom is -0.481 e. The molecular formula is C12H9ClO2S. The number of benzene rings is 1. The Bertz CT molecular complexity index is 519. The van der Waals surface area contributed by atoms with Crippen LogP contribution < -0.4 is 0 Å². The topological polar surface area (TPSA) is 37.3 Å². The third kappa shape index (κ3) is 2.43. The number of rotatable bonds is 3. The zero-order valence-electron chi connectivity index (χ0n) is 8.31. The summed E-state index contributed by atoms with van der Waals surface area (Å²) in [6, 6.07) is 9.42. The number of hydrogen-bond acceptors (Lipinski definition) is 2. The normalized spacial score (nSPS) is 10.3. The molecule has 0 aliphatic heterocycles. The number of carbonyl (C=O) groups is 1. The van der Waals surface area contributed by atoms with E-state index in [9.17, 15) is 4.79 Å². The molecule has 0 fully saturated rings.